The average Bonchev–Trinajstić information content (AvgIpc) is 2.47. The normalized spacial score (nSPS) is 9.95. The highest BCUT2D eigenvalue weighted by Gasteiger charge is 2.05. The summed E-state index contributed by atoms with van der Waals surface area (Å²) in [5.74, 6) is -0.767. The molecule has 0 atom stereocenters. The van der Waals surface area contributed by atoms with Crippen LogP contribution in [0.15, 0.2) is 48.5 Å². The zero-order valence-electron chi connectivity index (χ0n) is 11.1. The van der Waals surface area contributed by atoms with Gasteiger partial charge in [-0.2, -0.15) is 0 Å². The second kappa shape index (κ2) is 6.76. The summed E-state index contributed by atoms with van der Waals surface area (Å²) in [5.41, 5.74) is 6.85. The fourth-order valence-electron chi connectivity index (χ4n) is 1.71. The minimum Gasteiger partial charge on any atom is -0.376 e. The number of hydrogen-bond acceptors (Lipinski definition) is 3. The highest BCUT2D eigenvalue weighted by molar-refractivity contribution is 6.30. The molecule has 0 fully saturated rings. The summed E-state index contributed by atoms with van der Waals surface area (Å²) in [6.07, 6.45) is 0. The Morgan fingerprint density at radius 3 is 2.43 bits per heavy atom. The zero-order chi connectivity index (χ0) is 15.2. The molecule has 21 heavy (non-hydrogen) atoms. The van der Waals surface area contributed by atoms with Crippen molar-refractivity contribution in [1.29, 1.82) is 0 Å². The molecule has 0 aliphatic carbocycles. The molecule has 0 heterocycles. The van der Waals surface area contributed by atoms with Gasteiger partial charge in [0, 0.05) is 22.0 Å². The van der Waals surface area contributed by atoms with Crippen LogP contribution in [0, 0.1) is 0 Å². The number of primary amides is 1. The van der Waals surface area contributed by atoms with Crippen LogP contribution in [0.5, 0.6) is 0 Å². The number of amides is 2. The second-order valence-corrected chi connectivity index (χ2v) is 4.79. The number of halogens is 1. The largest absolute Gasteiger partial charge is 0.376 e. The van der Waals surface area contributed by atoms with Crippen LogP contribution in [-0.4, -0.2) is 18.4 Å². The van der Waals surface area contributed by atoms with E-state index in [0.29, 0.717) is 16.3 Å². The summed E-state index contributed by atoms with van der Waals surface area (Å²) in [6, 6.07) is 13.5. The molecule has 0 aliphatic heterocycles. The maximum atomic E-state index is 11.8. The van der Waals surface area contributed by atoms with Crippen molar-refractivity contribution in [1.82, 2.24) is 0 Å². The number of rotatable bonds is 5. The molecule has 2 aromatic rings. The molecule has 0 saturated heterocycles. The molecule has 2 rings (SSSR count). The number of carbonyl (C=O) groups excluding carboxylic acids is 2. The molecule has 2 aromatic carbocycles. The molecule has 6 heteroatoms. The van der Waals surface area contributed by atoms with Gasteiger partial charge in [0.2, 0.25) is 11.8 Å². The van der Waals surface area contributed by atoms with Crippen molar-refractivity contribution in [2.24, 2.45) is 5.73 Å². The lowest BCUT2D eigenvalue weighted by atomic mass is 10.2. The highest BCUT2D eigenvalue weighted by atomic mass is 35.5. The van der Waals surface area contributed by atoms with Crippen molar-refractivity contribution >= 4 is 34.8 Å². The van der Waals surface area contributed by atoms with Crippen LogP contribution in [0.25, 0.3) is 0 Å². The van der Waals surface area contributed by atoms with Crippen molar-refractivity contribution in [2.75, 3.05) is 17.2 Å². The third-order valence-electron chi connectivity index (χ3n) is 2.73. The van der Waals surface area contributed by atoms with E-state index in [-0.39, 0.29) is 12.5 Å². The summed E-state index contributed by atoms with van der Waals surface area (Å²) in [7, 11) is 0. The Kier molecular flexibility index (Phi) is 4.79. The van der Waals surface area contributed by atoms with Gasteiger partial charge in [0.15, 0.2) is 0 Å². The minimum absolute atomic E-state index is 0.0996. The van der Waals surface area contributed by atoms with E-state index in [1.165, 1.54) is 6.07 Å². The van der Waals surface area contributed by atoms with E-state index in [0.717, 1.165) is 5.69 Å². The Morgan fingerprint density at radius 1 is 1.05 bits per heavy atom. The topological polar surface area (TPSA) is 84.2 Å². The molecule has 108 valence electrons. The molecular weight excluding hydrogens is 290 g/mol. The van der Waals surface area contributed by atoms with Crippen molar-refractivity contribution in [3.05, 3.63) is 59.1 Å². The van der Waals surface area contributed by atoms with Crippen LogP contribution in [0.3, 0.4) is 0 Å². The van der Waals surface area contributed by atoms with Gasteiger partial charge in [0.1, 0.15) is 0 Å². The van der Waals surface area contributed by atoms with Gasteiger partial charge in [-0.25, -0.2) is 0 Å². The van der Waals surface area contributed by atoms with E-state index in [4.69, 9.17) is 17.3 Å². The number of nitrogens with one attached hydrogen (secondary N) is 2. The van der Waals surface area contributed by atoms with Crippen molar-refractivity contribution in [3.8, 4) is 0 Å². The molecule has 5 nitrogen and oxygen atoms in total. The van der Waals surface area contributed by atoms with Gasteiger partial charge in [-0.1, -0.05) is 17.7 Å². The zero-order valence-corrected chi connectivity index (χ0v) is 11.9. The Balaban J connectivity index is 1.91. The Labute approximate surface area is 127 Å². The molecule has 0 unspecified atom stereocenters. The summed E-state index contributed by atoms with van der Waals surface area (Å²) < 4.78 is 0. The standard InChI is InChI=1S/C15H14ClN3O2/c16-11-4-6-12(7-5-11)18-9-14(20)19-13-3-1-2-10(8-13)15(17)21/h1-8,18H,9H2,(H2,17,21)(H,19,20). The summed E-state index contributed by atoms with van der Waals surface area (Å²) in [6.45, 7) is 0.0996. The maximum absolute atomic E-state index is 11.8. The molecule has 0 spiro atoms. The Hall–Kier alpha value is -2.53. The number of benzene rings is 2. The van der Waals surface area contributed by atoms with Crippen LogP contribution in [0.1, 0.15) is 10.4 Å². The van der Waals surface area contributed by atoms with Gasteiger partial charge in [-0.05, 0) is 42.5 Å². The molecular formula is C15H14ClN3O2. The first-order valence-corrected chi connectivity index (χ1v) is 6.61. The van der Waals surface area contributed by atoms with Gasteiger partial charge in [-0.15, -0.1) is 0 Å². The van der Waals surface area contributed by atoms with E-state index >= 15 is 0 Å². The first kappa shape index (κ1) is 14.9. The van der Waals surface area contributed by atoms with Gasteiger partial charge >= 0.3 is 0 Å². The van der Waals surface area contributed by atoms with Crippen molar-refractivity contribution in [2.45, 2.75) is 0 Å². The van der Waals surface area contributed by atoms with Crippen LogP contribution in [-0.2, 0) is 4.79 Å². The minimum atomic E-state index is -0.537. The van der Waals surface area contributed by atoms with Gasteiger partial charge in [-0.3, -0.25) is 9.59 Å². The Bertz CT molecular complexity index is 656. The summed E-state index contributed by atoms with van der Waals surface area (Å²) in [4.78, 5) is 22.9. The highest BCUT2D eigenvalue weighted by Crippen LogP contribution is 2.13. The van der Waals surface area contributed by atoms with Crippen molar-refractivity contribution in [3.63, 3.8) is 0 Å². The molecule has 0 aliphatic rings. The van der Waals surface area contributed by atoms with Crippen LogP contribution < -0.4 is 16.4 Å². The summed E-state index contributed by atoms with van der Waals surface area (Å²) >= 11 is 5.78. The third kappa shape index (κ3) is 4.50. The van der Waals surface area contributed by atoms with Gasteiger partial charge in [0.05, 0.1) is 6.54 Å². The second-order valence-electron chi connectivity index (χ2n) is 4.35. The number of nitrogens with two attached hydrogens (primary N) is 1. The quantitative estimate of drug-likeness (QED) is 0.793. The number of anilines is 2. The molecule has 0 bridgehead atoms. The van der Waals surface area contributed by atoms with E-state index in [9.17, 15) is 9.59 Å². The van der Waals surface area contributed by atoms with Gasteiger partial charge in [0.25, 0.3) is 0 Å². The van der Waals surface area contributed by atoms with Crippen molar-refractivity contribution < 1.29 is 9.59 Å². The first-order chi connectivity index (χ1) is 10.0. The van der Waals surface area contributed by atoms with Crippen LogP contribution >= 0.6 is 11.6 Å². The number of hydrogen-bond donors (Lipinski definition) is 3. The fourth-order valence-corrected chi connectivity index (χ4v) is 1.83. The average molecular weight is 304 g/mol. The van der Waals surface area contributed by atoms with E-state index in [1.807, 2.05) is 0 Å². The third-order valence-corrected chi connectivity index (χ3v) is 2.98. The predicted molar refractivity (Wildman–Crippen MR) is 83.5 cm³/mol. The fraction of sp³-hybridized carbons (Fsp3) is 0.0667. The van der Waals surface area contributed by atoms with Crippen LogP contribution in [0.4, 0.5) is 11.4 Å². The SMILES string of the molecule is NC(=O)c1cccc(NC(=O)CNc2ccc(Cl)cc2)c1. The van der Waals surface area contributed by atoms with Gasteiger partial charge < -0.3 is 16.4 Å². The van der Waals surface area contributed by atoms with E-state index < -0.39 is 5.91 Å². The van der Waals surface area contributed by atoms with E-state index in [2.05, 4.69) is 10.6 Å². The van der Waals surface area contributed by atoms with Crippen LogP contribution in [0.2, 0.25) is 5.02 Å². The predicted octanol–water partition coefficient (Wildman–Crippen LogP) is 2.49. The Morgan fingerprint density at radius 2 is 1.76 bits per heavy atom. The number of carbonyl (C=O) groups is 2. The summed E-state index contributed by atoms with van der Waals surface area (Å²) in [5, 5.41) is 6.28. The molecule has 0 radical (unpaired) electrons. The maximum Gasteiger partial charge on any atom is 0.248 e. The first-order valence-electron chi connectivity index (χ1n) is 6.24. The molecule has 0 saturated carbocycles. The van der Waals surface area contributed by atoms with E-state index in [1.54, 1.807) is 42.5 Å². The molecule has 0 aromatic heterocycles. The monoisotopic (exact) mass is 303 g/mol. The lowest BCUT2D eigenvalue weighted by Crippen LogP contribution is -2.22. The lowest BCUT2D eigenvalue weighted by molar-refractivity contribution is -0.114. The molecule has 2 amide bonds. The lowest BCUT2D eigenvalue weighted by Gasteiger charge is -2.08. The molecule has 4 N–H and O–H groups in total. The smallest absolute Gasteiger partial charge is 0.248 e.